The van der Waals surface area contributed by atoms with Crippen molar-refractivity contribution in [2.24, 2.45) is 5.73 Å². The highest BCUT2D eigenvalue weighted by Gasteiger charge is 2.18. The fraction of sp³-hybridized carbons (Fsp3) is 0.417. The van der Waals surface area contributed by atoms with Crippen LogP contribution < -0.4 is 10.6 Å². The summed E-state index contributed by atoms with van der Waals surface area (Å²) in [4.78, 5) is 13.6. The van der Waals surface area contributed by atoms with Gasteiger partial charge in [-0.25, -0.2) is 0 Å². The van der Waals surface area contributed by atoms with E-state index in [4.69, 9.17) is 5.73 Å². The molecule has 15 heavy (non-hydrogen) atoms. The third-order valence-corrected chi connectivity index (χ3v) is 2.41. The van der Waals surface area contributed by atoms with Crippen LogP contribution in [0.4, 0.5) is 5.69 Å². The quantitative estimate of drug-likeness (QED) is 0.816. The first kappa shape index (κ1) is 11.7. The molecule has 0 aliphatic rings. The van der Waals surface area contributed by atoms with Crippen molar-refractivity contribution in [3.63, 3.8) is 0 Å². The molecule has 0 spiro atoms. The van der Waals surface area contributed by atoms with Crippen LogP contribution in [0.5, 0.6) is 0 Å². The van der Waals surface area contributed by atoms with E-state index in [1.54, 1.807) is 4.90 Å². The predicted molar refractivity (Wildman–Crippen MR) is 62.7 cm³/mol. The molecule has 1 rings (SSSR count). The second kappa shape index (κ2) is 5.51. The Morgan fingerprint density at radius 3 is 2.40 bits per heavy atom. The topological polar surface area (TPSA) is 46.3 Å². The minimum absolute atomic E-state index is 0.00815. The summed E-state index contributed by atoms with van der Waals surface area (Å²) in [7, 11) is 0. The lowest BCUT2D eigenvalue weighted by Gasteiger charge is -2.23. The van der Waals surface area contributed by atoms with E-state index >= 15 is 0 Å². The zero-order valence-electron chi connectivity index (χ0n) is 9.31. The normalized spacial score (nSPS) is 12.2. The number of hydrogen-bond donors (Lipinski definition) is 1. The molecule has 0 aromatic heterocycles. The van der Waals surface area contributed by atoms with Gasteiger partial charge in [-0.3, -0.25) is 4.79 Å². The standard InChI is InChI=1S/C12H18N2O/c1-3-11(13)12(15)14(4-2)10-8-6-5-7-9-10/h5-9,11H,3-4,13H2,1-2H3/t11-/m1/s1. The summed E-state index contributed by atoms with van der Waals surface area (Å²) in [6.07, 6.45) is 0.669. The molecular formula is C12H18N2O. The summed E-state index contributed by atoms with van der Waals surface area (Å²) in [5.74, 6) is -0.00815. The van der Waals surface area contributed by atoms with Gasteiger partial charge in [0.1, 0.15) is 0 Å². The van der Waals surface area contributed by atoms with E-state index in [0.29, 0.717) is 13.0 Å². The molecule has 0 saturated heterocycles. The number of amides is 1. The van der Waals surface area contributed by atoms with Gasteiger partial charge in [0.05, 0.1) is 6.04 Å². The van der Waals surface area contributed by atoms with Gasteiger partial charge in [0.15, 0.2) is 0 Å². The van der Waals surface area contributed by atoms with Gasteiger partial charge in [0.2, 0.25) is 5.91 Å². The Labute approximate surface area is 90.9 Å². The Hall–Kier alpha value is -1.35. The number of nitrogens with zero attached hydrogens (tertiary/aromatic N) is 1. The zero-order chi connectivity index (χ0) is 11.3. The van der Waals surface area contributed by atoms with E-state index in [9.17, 15) is 4.79 Å². The summed E-state index contributed by atoms with van der Waals surface area (Å²) in [6.45, 7) is 4.52. The van der Waals surface area contributed by atoms with Crippen LogP contribution in [-0.4, -0.2) is 18.5 Å². The molecular weight excluding hydrogens is 188 g/mol. The summed E-state index contributed by atoms with van der Waals surface area (Å²) in [6, 6.07) is 9.21. The molecule has 1 atom stereocenters. The van der Waals surface area contributed by atoms with Crippen molar-refractivity contribution in [1.82, 2.24) is 0 Å². The minimum Gasteiger partial charge on any atom is -0.320 e. The molecule has 1 aromatic carbocycles. The van der Waals surface area contributed by atoms with Crippen molar-refractivity contribution in [1.29, 1.82) is 0 Å². The molecule has 2 N–H and O–H groups in total. The maximum absolute atomic E-state index is 11.9. The van der Waals surface area contributed by atoms with Crippen molar-refractivity contribution in [3.8, 4) is 0 Å². The summed E-state index contributed by atoms with van der Waals surface area (Å²) in [5.41, 5.74) is 6.65. The highest BCUT2D eigenvalue weighted by molar-refractivity contribution is 5.96. The van der Waals surface area contributed by atoms with E-state index in [1.807, 2.05) is 44.2 Å². The number of hydrogen-bond acceptors (Lipinski definition) is 2. The SMILES string of the molecule is CC[C@@H](N)C(=O)N(CC)c1ccccc1. The molecule has 1 amide bonds. The van der Waals surface area contributed by atoms with Gasteiger partial charge >= 0.3 is 0 Å². The molecule has 0 aliphatic heterocycles. The van der Waals surface area contributed by atoms with Crippen molar-refractivity contribution in [3.05, 3.63) is 30.3 Å². The van der Waals surface area contributed by atoms with Crippen LogP contribution in [0.15, 0.2) is 30.3 Å². The second-order valence-electron chi connectivity index (χ2n) is 3.43. The lowest BCUT2D eigenvalue weighted by molar-refractivity contribution is -0.119. The first-order valence-electron chi connectivity index (χ1n) is 5.32. The number of benzene rings is 1. The molecule has 0 unspecified atom stereocenters. The van der Waals surface area contributed by atoms with Crippen LogP contribution in [-0.2, 0) is 4.79 Å². The third kappa shape index (κ3) is 2.80. The first-order valence-corrected chi connectivity index (χ1v) is 5.32. The van der Waals surface area contributed by atoms with E-state index < -0.39 is 6.04 Å². The molecule has 82 valence electrons. The average molecular weight is 206 g/mol. The Morgan fingerprint density at radius 2 is 1.93 bits per heavy atom. The lowest BCUT2D eigenvalue weighted by atomic mass is 10.2. The highest BCUT2D eigenvalue weighted by atomic mass is 16.2. The number of carbonyl (C=O) groups is 1. The van der Waals surface area contributed by atoms with Crippen LogP contribution in [0.3, 0.4) is 0 Å². The van der Waals surface area contributed by atoms with Gasteiger partial charge in [0, 0.05) is 12.2 Å². The Morgan fingerprint density at radius 1 is 1.33 bits per heavy atom. The van der Waals surface area contributed by atoms with Gasteiger partial charge < -0.3 is 10.6 Å². The number of carbonyl (C=O) groups excluding carboxylic acids is 1. The van der Waals surface area contributed by atoms with Crippen LogP contribution in [0, 0.1) is 0 Å². The Bertz CT molecular complexity index is 311. The fourth-order valence-corrected chi connectivity index (χ4v) is 1.45. The number of para-hydroxylation sites is 1. The van der Waals surface area contributed by atoms with Crippen molar-refractivity contribution in [2.45, 2.75) is 26.3 Å². The maximum atomic E-state index is 11.9. The van der Waals surface area contributed by atoms with Crippen LogP contribution in [0.1, 0.15) is 20.3 Å². The molecule has 0 aliphatic carbocycles. The molecule has 3 heteroatoms. The van der Waals surface area contributed by atoms with Gasteiger partial charge in [0.25, 0.3) is 0 Å². The van der Waals surface area contributed by atoms with E-state index in [-0.39, 0.29) is 5.91 Å². The van der Waals surface area contributed by atoms with Crippen molar-refractivity contribution in [2.75, 3.05) is 11.4 Å². The average Bonchev–Trinajstić information content (AvgIpc) is 2.30. The smallest absolute Gasteiger partial charge is 0.243 e. The number of nitrogens with two attached hydrogens (primary N) is 1. The van der Waals surface area contributed by atoms with Crippen LogP contribution in [0.2, 0.25) is 0 Å². The Balaban J connectivity index is 2.85. The van der Waals surface area contributed by atoms with Gasteiger partial charge in [-0.05, 0) is 25.5 Å². The van der Waals surface area contributed by atoms with Crippen LogP contribution >= 0.6 is 0 Å². The van der Waals surface area contributed by atoms with Crippen molar-refractivity contribution >= 4 is 11.6 Å². The van der Waals surface area contributed by atoms with E-state index in [0.717, 1.165) is 5.69 Å². The zero-order valence-corrected chi connectivity index (χ0v) is 9.31. The third-order valence-electron chi connectivity index (χ3n) is 2.41. The molecule has 0 saturated carbocycles. The number of rotatable bonds is 4. The maximum Gasteiger partial charge on any atom is 0.243 e. The molecule has 0 heterocycles. The molecule has 1 aromatic rings. The highest BCUT2D eigenvalue weighted by Crippen LogP contribution is 2.14. The predicted octanol–water partition coefficient (Wildman–Crippen LogP) is 1.78. The summed E-state index contributed by atoms with van der Waals surface area (Å²) in [5, 5.41) is 0. The largest absolute Gasteiger partial charge is 0.320 e. The van der Waals surface area contributed by atoms with E-state index in [2.05, 4.69) is 0 Å². The van der Waals surface area contributed by atoms with Gasteiger partial charge in [-0.2, -0.15) is 0 Å². The summed E-state index contributed by atoms with van der Waals surface area (Å²) >= 11 is 0. The minimum atomic E-state index is -0.398. The molecule has 0 bridgehead atoms. The molecule has 3 nitrogen and oxygen atoms in total. The van der Waals surface area contributed by atoms with E-state index in [1.165, 1.54) is 0 Å². The van der Waals surface area contributed by atoms with Gasteiger partial charge in [-0.15, -0.1) is 0 Å². The van der Waals surface area contributed by atoms with Crippen molar-refractivity contribution < 1.29 is 4.79 Å². The van der Waals surface area contributed by atoms with Gasteiger partial charge in [-0.1, -0.05) is 25.1 Å². The van der Waals surface area contributed by atoms with Crippen LogP contribution in [0.25, 0.3) is 0 Å². The number of likely N-dealkylation sites (N-methyl/N-ethyl adjacent to an activating group) is 1. The molecule has 0 radical (unpaired) electrons. The lowest BCUT2D eigenvalue weighted by Crippen LogP contribution is -2.43. The summed E-state index contributed by atoms with van der Waals surface area (Å²) < 4.78 is 0. The Kier molecular flexibility index (Phi) is 4.31. The molecule has 0 fully saturated rings. The fourth-order valence-electron chi connectivity index (χ4n) is 1.45. The monoisotopic (exact) mass is 206 g/mol. The first-order chi connectivity index (χ1) is 7.20. The number of anilines is 1. The second-order valence-corrected chi connectivity index (χ2v) is 3.43.